The molecule has 0 bridgehead atoms. The van der Waals surface area contributed by atoms with E-state index >= 15 is 0 Å². The number of nitrogen functional groups attached to an aromatic ring is 1. The number of benzene rings is 2. The van der Waals surface area contributed by atoms with Crippen LogP contribution in [0, 0.1) is 25.2 Å². The van der Waals surface area contributed by atoms with E-state index in [-0.39, 0.29) is 5.82 Å². The third kappa shape index (κ3) is 5.64. The SMILES string of the molecule is CCCCCCCOc1ccc(-c2cc(-c3ccc(C)c(C)c3)nc(N)c2C#N)cc1. The number of hydrogen-bond donors (Lipinski definition) is 1. The van der Waals surface area contributed by atoms with Gasteiger partial charge in [0.1, 0.15) is 23.2 Å². The summed E-state index contributed by atoms with van der Waals surface area (Å²) in [7, 11) is 0. The van der Waals surface area contributed by atoms with Gasteiger partial charge in [-0.1, -0.05) is 56.9 Å². The molecule has 0 aliphatic rings. The third-order valence-corrected chi connectivity index (χ3v) is 5.64. The van der Waals surface area contributed by atoms with Gasteiger partial charge in [-0.15, -0.1) is 0 Å². The van der Waals surface area contributed by atoms with Gasteiger partial charge in [0.15, 0.2) is 0 Å². The molecule has 0 atom stereocenters. The normalized spacial score (nSPS) is 10.6. The Labute approximate surface area is 185 Å². The van der Waals surface area contributed by atoms with Crippen molar-refractivity contribution in [3.8, 4) is 34.2 Å². The van der Waals surface area contributed by atoms with Gasteiger partial charge in [-0.25, -0.2) is 4.98 Å². The third-order valence-electron chi connectivity index (χ3n) is 5.64. The van der Waals surface area contributed by atoms with Crippen LogP contribution in [0.25, 0.3) is 22.4 Å². The lowest BCUT2D eigenvalue weighted by Crippen LogP contribution is -2.00. The molecule has 4 heteroatoms. The molecule has 4 nitrogen and oxygen atoms in total. The summed E-state index contributed by atoms with van der Waals surface area (Å²) in [6.45, 7) is 7.11. The van der Waals surface area contributed by atoms with Crippen molar-refractivity contribution in [2.24, 2.45) is 0 Å². The van der Waals surface area contributed by atoms with Crippen LogP contribution in [-0.2, 0) is 0 Å². The van der Waals surface area contributed by atoms with E-state index in [0.717, 1.165) is 41.2 Å². The summed E-state index contributed by atoms with van der Waals surface area (Å²) in [6.07, 6.45) is 6.07. The molecule has 0 unspecified atom stereocenters. The molecule has 0 amide bonds. The second-order valence-electron chi connectivity index (χ2n) is 8.01. The molecular formula is C27H31N3O. The number of rotatable bonds is 9. The number of hydrogen-bond acceptors (Lipinski definition) is 4. The molecule has 0 aliphatic heterocycles. The maximum atomic E-state index is 9.67. The highest BCUT2D eigenvalue weighted by atomic mass is 16.5. The largest absolute Gasteiger partial charge is 0.494 e. The van der Waals surface area contributed by atoms with E-state index in [2.05, 4.69) is 44.0 Å². The van der Waals surface area contributed by atoms with Gasteiger partial charge in [-0.3, -0.25) is 0 Å². The quantitative estimate of drug-likeness (QED) is 0.390. The zero-order valence-electron chi connectivity index (χ0n) is 18.7. The van der Waals surface area contributed by atoms with Crippen LogP contribution >= 0.6 is 0 Å². The Bertz CT molecular complexity index is 1070. The molecule has 1 heterocycles. The van der Waals surface area contributed by atoms with E-state index in [4.69, 9.17) is 10.5 Å². The van der Waals surface area contributed by atoms with Gasteiger partial charge in [-0.2, -0.15) is 5.26 Å². The zero-order valence-corrected chi connectivity index (χ0v) is 18.7. The number of pyridine rings is 1. The number of aromatic nitrogens is 1. The van der Waals surface area contributed by atoms with Crippen LogP contribution in [0.1, 0.15) is 55.7 Å². The summed E-state index contributed by atoms with van der Waals surface area (Å²) in [5, 5.41) is 9.67. The van der Waals surface area contributed by atoms with Crippen molar-refractivity contribution in [1.29, 1.82) is 5.26 Å². The molecule has 0 radical (unpaired) electrons. The van der Waals surface area contributed by atoms with Gasteiger partial charge in [0.2, 0.25) is 0 Å². The first-order valence-electron chi connectivity index (χ1n) is 11.0. The molecule has 0 fully saturated rings. The van der Waals surface area contributed by atoms with Gasteiger partial charge in [-0.05, 0) is 61.2 Å². The van der Waals surface area contributed by atoms with Crippen LogP contribution in [0.5, 0.6) is 5.75 Å². The Balaban J connectivity index is 1.82. The summed E-state index contributed by atoms with van der Waals surface area (Å²) >= 11 is 0. The first-order chi connectivity index (χ1) is 15.0. The maximum absolute atomic E-state index is 9.67. The minimum atomic E-state index is 0.251. The number of ether oxygens (including phenoxy) is 1. The fourth-order valence-electron chi connectivity index (χ4n) is 3.58. The molecule has 2 aromatic carbocycles. The molecule has 2 N–H and O–H groups in total. The standard InChI is InChI=1S/C27H31N3O/c1-4-5-6-7-8-15-31-23-13-11-21(12-14-23)24-17-26(30-27(29)25(24)18-28)22-10-9-19(2)20(3)16-22/h9-14,16-17H,4-8,15H2,1-3H3,(H2,29,30). The highest BCUT2D eigenvalue weighted by Crippen LogP contribution is 2.32. The number of aryl methyl sites for hydroxylation is 2. The van der Waals surface area contributed by atoms with Crippen LogP contribution in [0.3, 0.4) is 0 Å². The molecule has 0 saturated heterocycles. The summed E-state index contributed by atoms with van der Waals surface area (Å²) < 4.78 is 5.87. The maximum Gasteiger partial charge on any atom is 0.142 e. The van der Waals surface area contributed by atoms with Crippen molar-refractivity contribution in [3.05, 3.63) is 65.2 Å². The lowest BCUT2D eigenvalue weighted by Gasteiger charge is -2.12. The summed E-state index contributed by atoms with van der Waals surface area (Å²) in [5.41, 5.74) is 12.4. The number of nitrogens with two attached hydrogens (primary N) is 1. The fraction of sp³-hybridized carbons (Fsp3) is 0.333. The average molecular weight is 414 g/mol. The highest BCUT2D eigenvalue weighted by molar-refractivity contribution is 5.80. The van der Waals surface area contributed by atoms with Crippen molar-refractivity contribution in [2.75, 3.05) is 12.3 Å². The van der Waals surface area contributed by atoms with Crippen LogP contribution in [0.15, 0.2) is 48.5 Å². The Kier molecular flexibility index (Phi) is 7.67. The minimum Gasteiger partial charge on any atom is -0.494 e. The van der Waals surface area contributed by atoms with E-state index in [0.29, 0.717) is 5.56 Å². The minimum absolute atomic E-state index is 0.251. The van der Waals surface area contributed by atoms with Crippen LogP contribution in [0.4, 0.5) is 5.82 Å². The zero-order chi connectivity index (χ0) is 22.2. The average Bonchev–Trinajstić information content (AvgIpc) is 2.78. The van der Waals surface area contributed by atoms with Gasteiger partial charge in [0.25, 0.3) is 0 Å². The summed E-state index contributed by atoms with van der Waals surface area (Å²) in [5.74, 6) is 1.09. The summed E-state index contributed by atoms with van der Waals surface area (Å²) in [4.78, 5) is 4.49. The topological polar surface area (TPSA) is 71.9 Å². The molecule has 0 spiro atoms. The first kappa shape index (κ1) is 22.4. The van der Waals surface area contributed by atoms with Gasteiger partial charge < -0.3 is 10.5 Å². The molecule has 160 valence electrons. The van der Waals surface area contributed by atoms with E-state index in [1.54, 1.807) is 0 Å². The smallest absolute Gasteiger partial charge is 0.142 e. The van der Waals surface area contributed by atoms with Crippen molar-refractivity contribution in [2.45, 2.75) is 52.9 Å². The molecule has 3 aromatic rings. The second kappa shape index (κ2) is 10.6. The van der Waals surface area contributed by atoms with E-state index in [1.165, 1.54) is 36.8 Å². The van der Waals surface area contributed by atoms with Crippen molar-refractivity contribution >= 4 is 5.82 Å². The van der Waals surface area contributed by atoms with E-state index in [9.17, 15) is 5.26 Å². The van der Waals surface area contributed by atoms with Gasteiger partial charge in [0.05, 0.1) is 12.3 Å². The van der Waals surface area contributed by atoms with E-state index < -0.39 is 0 Å². The monoisotopic (exact) mass is 413 g/mol. The Morgan fingerprint density at radius 2 is 1.61 bits per heavy atom. The van der Waals surface area contributed by atoms with Crippen LogP contribution < -0.4 is 10.5 Å². The first-order valence-corrected chi connectivity index (χ1v) is 11.0. The molecule has 1 aromatic heterocycles. The second-order valence-corrected chi connectivity index (χ2v) is 8.01. The lowest BCUT2D eigenvalue weighted by atomic mass is 9.97. The fourth-order valence-corrected chi connectivity index (χ4v) is 3.58. The van der Waals surface area contributed by atoms with Crippen LogP contribution in [-0.4, -0.2) is 11.6 Å². The number of nitriles is 1. The Morgan fingerprint density at radius 3 is 2.29 bits per heavy atom. The van der Waals surface area contributed by atoms with Crippen molar-refractivity contribution < 1.29 is 4.74 Å². The van der Waals surface area contributed by atoms with Crippen molar-refractivity contribution in [3.63, 3.8) is 0 Å². The highest BCUT2D eigenvalue weighted by Gasteiger charge is 2.14. The molecule has 31 heavy (non-hydrogen) atoms. The Hall–Kier alpha value is -3.32. The van der Waals surface area contributed by atoms with E-state index in [1.807, 2.05) is 36.4 Å². The molecular weight excluding hydrogens is 382 g/mol. The number of unbranched alkanes of at least 4 members (excludes halogenated alkanes) is 4. The number of anilines is 1. The number of nitrogens with zero attached hydrogens (tertiary/aromatic N) is 2. The van der Waals surface area contributed by atoms with Crippen molar-refractivity contribution in [1.82, 2.24) is 4.98 Å². The predicted octanol–water partition coefficient (Wildman–Crippen LogP) is 6.84. The molecule has 3 rings (SSSR count). The van der Waals surface area contributed by atoms with Gasteiger partial charge >= 0.3 is 0 Å². The van der Waals surface area contributed by atoms with Gasteiger partial charge in [0, 0.05) is 11.1 Å². The Morgan fingerprint density at radius 1 is 0.903 bits per heavy atom. The summed E-state index contributed by atoms with van der Waals surface area (Å²) in [6, 6.07) is 18.2. The van der Waals surface area contributed by atoms with Crippen LogP contribution in [0.2, 0.25) is 0 Å². The molecule has 0 saturated carbocycles. The molecule has 0 aliphatic carbocycles. The predicted molar refractivity (Wildman–Crippen MR) is 128 cm³/mol. The lowest BCUT2D eigenvalue weighted by molar-refractivity contribution is 0.304.